The second-order valence-corrected chi connectivity index (χ2v) is 8.15. The Hall–Kier alpha value is -1.32. The number of carbonyl (C=O) groups is 1. The van der Waals surface area contributed by atoms with Crippen molar-refractivity contribution in [3.8, 4) is 0 Å². The zero-order chi connectivity index (χ0) is 18.3. The molecular weight excluding hydrogens is 335 g/mol. The van der Waals surface area contributed by atoms with E-state index in [1.165, 1.54) is 25.9 Å². The van der Waals surface area contributed by atoms with Gasteiger partial charge in [-0.2, -0.15) is 5.10 Å². The summed E-state index contributed by atoms with van der Waals surface area (Å²) in [5, 5.41) is 18.9. The second-order valence-electron chi connectivity index (χ2n) is 8.15. The van der Waals surface area contributed by atoms with E-state index < -0.39 is 5.97 Å². The van der Waals surface area contributed by atoms with E-state index in [2.05, 4.69) is 24.1 Å². The molecule has 1 unspecified atom stereocenters. The number of nitrogens with zero attached hydrogens (tertiary/aromatic N) is 3. The summed E-state index contributed by atoms with van der Waals surface area (Å²) in [5.41, 5.74) is 2.13. The minimum atomic E-state index is -0.885. The molecule has 2 N–H and O–H groups in total. The summed E-state index contributed by atoms with van der Waals surface area (Å²) in [6.07, 6.45) is 2.53. The number of nitrogens with one attached hydrogen (secondary N) is 1. The average Bonchev–Trinajstić information content (AvgIpc) is 2.98. The van der Waals surface area contributed by atoms with Gasteiger partial charge in [-0.25, -0.2) is 4.79 Å². The molecule has 1 atom stereocenters. The molecule has 1 aromatic heterocycles. The van der Waals surface area contributed by atoms with Crippen LogP contribution in [-0.2, 0) is 13.1 Å². The minimum absolute atomic E-state index is 0. The van der Waals surface area contributed by atoms with Gasteiger partial charge in [0.05, 0.1) is 16.8 Å². The number of carboxylic acid groups (broad SMARTS) is 1. The van der Waals surface area contributed by atoms with Crippen molar-refractivity contribution in [1.82, 2.24) is 20.0 Å². The molecule has 3 saturated heterocycles. The Balaban J connectivity index is 0.00000210. The zero-order valence-electron chi connectivity index (χ0n) is 15.6. The Bertz CT molecular complexity index is 812. The normalized spacial score (nSPS) is 24.3. The van der Waals surface area contributed by atoms with E-state index in [4.69, 9.17) is 5.10 Å². The van der Waals surface area contributed by atoms with Gasteiger partial charge in [-0.1, -0.05) is 19.9 Å². The number of aromatic nitrogens is 2. The van der Waals surface area contributed by atoms with Gasteiger partial charge in [0, 0.05) is 31.1 Å². The van der Waals surface area contributed by atoms with Crippen molar-refractivity contribution < 1.29 is 9.90 Å². The van der Waals surface area contributed by atoms with Crippen LogP contribution >= 0.6 is 0 Å². The predicted molar refractivity (Wildman–Crippen MR) is 108 cm³/mol. The van der Waals surface area contributed by atoms with Gasteiger partial charge >= 0.3 is 24.8 Å². The number of aromatic carboxylic acids is 1. The number of piperidine rings is 3. The molecule has 0 aliphatic carbocycles. The van der Waals surface area contributed by atoms with Crippen molar-refractivity contribution in [3.63, 3.8) is 0 Å². The summed E-state index contributed by atoms with van der Waals surface area (Å²) in [6, 6.07) is 5.97. The van der Waals surface area contributed by atoms with Crippen LogP contribution in [0.1, 0.15) is 42.7 Å². The fourth-order valence-corrected chi connectivity index (χ4v) is 4.52. The van der Waals surface area contributed by atoms with E-state index in [1.54, 1.807) is 6.07 Å². The van der Waals surface area contributed by atoms with Gasteiger partial charge in [0.15, 0.2) is 0 Å². The van der Waals surface area contributed by atoms with Gasteiger partial charge in [0.25, 0.3) is 0 Å². The number of benzene rings is 1. The van der Waals surface area contributed by atoms with Gasteiger partial charge in [-0.05, 0) is 49.9 Å². The summed E-state index contributed by atoms with van der Waals surface area (Å²) >= 11 is 0. The van der Waals surface area contributed by atoms with Crippen LogP contribution in [0.25, 0.3) is 10.9 Å². The van der Waals surface area contributed by atoms with E-state index in [0.717, 1.165) is 35.6 Å². The first-order valence-electron chi connectivity index (χ1n) is 9.70. The third kappa shape index (κ3) is 4.09. The fourth-order valence-electron chi connectivity index (χ4n) is 4.52. The molecule has 6 nitrogen and oxygen atoms in total. The molecular formula is C20H29LiN4O2. The summed E-state index contributed by atoms with van der Waals surface area (Å²) < 4.78 is 1.97. The summed E-state index contributed by atoms with van der Waals surface area (Å²) in [4.78, 5) is 14.3. The van der Waals surface area contributed by atoms with Crippen molar-refractivity contribution in [1.29, 1.82) is 0 Å². The van der Waals surface area contributed by atoms with Crippen LogP contribution in [0.2, 0.25) is 0 Å². The van der Waals surface area contributed by atoms with Gasteiger partial charge in [-0.15, -0.1) is 0 Å². The first-order valence-corrected chi connectivity index (χ1v) is 9.70. The first kappa shape index (κ1) is 20.4. The van der Waals surface area contributed by atoms with Crippen LogP contribution < -0.4 is 5.32 Å². The standard InChI is InChI=1S/C20H28N4O2.Li.H/c1-13(2)11-24-18-5-3-4-15(20(25)26)19(18)16(22-24)10-21-17-12-23-8-6-14(17)7-9-23;;/h3-5,13-14,17,21H,6-12H2,1-2H3,(H,25,26);;. The summed E-state index contributed by atoms with van der Waals surface area (Å²) in [7, 11) is 0. The van der Waals surface area contributed by atoms with Crippen LogP contribution in [0.3, 0.4) is 0 Å². The monoisotopic (exact) mass is 364 g/mol. The van der Waals surface area contributed by atoms with Crippen LogP contribution in [0, 0.1) is 11.8 Å². The maximum absolute atomic E-state index is 11.7. The second kappa shape index (κ2) is 8.36. The molecule has 2 bridgehead atoms. The third-order valence-electron chi connectivity index (χ3n) is 5.81. The molecule has 2 aromatic rings. The Labute approximate surface area is 172 Å². The van der Waals surface area contributed by atoms with Gasteiger partial charge in [0.1, 0.15) is 0 Å². The Morgan fingerprint density at radius 1 is 1.33 bits per heavy atom. The van der Waals surface area contributed by atoms with Crippen molar-refractivity contribution in [2.75, 3.05) is 19.6 Å². The van der Waals surface area contributed by atoms with Crippen LogP contribution in [-0.4, -0.2) is 70.3 Å². The van der Waals surface area contributed by atoms with Gasteiger partial charge < -0.3 is 15.3 Å². The number of rotatable bonds is 6. The molecule has 5 rings (SSSR count). The van der Waals surface area contributed by atoms with E-state index >= 15 is 0 Å². The molecule has 3 aliphatic heterocycles. The molecule has 27 heavy (non-hydrogen) atoms. The quantitative estimate of drug-likeness (QED) is 0.767. The zero-order valence-corrected chi connectivity index (χ0v) is 15.6. The van der Waals surface area contributed by atoms with E-state index in [1.807, 2.05) is 16.8 Å². The van der Waals surface area contributed by atoms with Gasteiger partial charge in [0.2, 0.25) is 0 Å². The van der Waals surface area contributed by atoms with Crippen molar-refractivity contribution in [3.05, 3.63) is 29.5 Å². The van der Waals surface area contributed by atoms with Crippen LogP contribution in [0.5, 0.6) is 0 Å². The number of fused-ring (bicyclic) bond motifs is 4. The molecule has 4 heterocycles. The third-order valence-corrected chi connectivity index (χ3v) is 5.81. The van der Waals surface area contributed by atoms with Crippen molar-refractivity contribution >= 4 is 35.7 Å². The van der Waals surface area contributed by atoms with E-state index in [-0.39, 0.29) is 18.9 Å². The van der Waals surface area contributed by atoms with Crippen molar-refractivity contribution in [2.24, 2.45) is 11.8 Å². The van der Waals surface area contributed by atoms with Crippen LogP contribution in [0.4, 0.5) is 0 Å². The number of hydrogen-bond donors (Lipinski definition) is 2. The Kier molecular flexibility index (Phi) is 6.32. The number of hydrogen-bond acceptors (Lipinski definition) is 4. The first-order chi connectivity index (χ1) is 12.5. The van der Waals surface area contributed by atoms with Gasteiger partial charge in [-0.3, -0.25) is 4.68 Å². The maximum atomic E-state index is 11.7. The molecule has 0 spiro atoms. The van der Waals surface area contributed by atoms with E-state index in [0.29, 0.717) is 24.1 Å². The molecule has 1 aromatic carbocycles. The molecule has 0 radical (unpaired) electrons. The molecule has 142 valence electrons. The van der Waals surface area contributed by atoms with E-state index in [9.17, 15) is 9.90 Å². The molecule has 0 amide bonds. The summed E-state index contributed by atoms with van der Waals surface area (Å²) in [6.45, 7) is 9.26. The fraction of sp³-hybridized carbons (Fsp3) is 0.600. The number of carboxylic acids is 1. The predicted octanol–water partition coefficient (Wildman–Crippen LogP) is 1.93. The Morgan fingerprint density at radius 3 is 2.67 bits per heavy atom. The van der Waals surface area contributed by atoms with Crippen molar-refractivity contribution in [2.45, 2.75) is 45.8 Å². The molecule has 7 heteroatoms. The topological polar surface area (TPSA) is 70.4 Å². The summed E-state index contributed by atoms with van der Waals surface area (Å²) in [5.74, 6) is 0.306. The molecule has 3 aliphatic rings. The average molecular weight is 364 g/mol. The van der Waals surface area contributed by atoms with Crippen LogP contribution in [0.15, 0.2) is 18.2 Å². The SMILES string of the molecule is CC(C)Cn1nc(CNC2CN3CCC2CC3)c2c(C(=O)O)cccc21.[LiH]. The molecule has 3 fully saturated rings. The Morgan fingerprint density at radius 2 is 2.07 bits per heavy atom. The molecule has 0 saturated carbocycles.